The van der Waals surface area contributed by atoms with E-state index in [1.54, 1.807) is 26.5 Å². The van der Waals surface area contributed by atoms with E-state index in [-0.39, 0.29) is 18.4 Å². The van der Waals surface area contributed by atoms with E-state index < -0.39 is 0 Å². The fourth-order valence-corrected chi connectivity index (χ4v) is 1.63. The molecule has 2 amide bonds. The summed E-state index contributed by atoms with van der Waals surface area (Å²) in [6.45, 7) is 1.78. The quantitative estimate of drug-likeness (QED) is 0.806. The van der Waals surface area contributed by atoms with Crippen LogP contribution >= 0.6 is 11.3 Å². The second kappa shape index (κ2) is 4.88. The SMILES string of the molecule is Cc1ncsc1C(=O)NCC(=O)N(C)C. The Morgan fingerprint density at radius 2 is 2.20 bits per heavy atom. The second-order valence-electron chi connectivity index (χ2n) is 3.24. The van der Waals surface area contributed by atoms with E-state index >= 15 is 0 Å². The monoisotopic (exact) mass is 227 g/mol. The molecule has 0 spiro atoms. The smallest absolute Gasteiger partial charge is 0.263 e. The number of carbonyl (C=O) groups is 2. The van der Waals surface area contributed by atoms with Gasteiger partial charge in [-0.1, -0.05) is 0 Å². The third-order valence-corrected chi connectivity index (χ3v) is 2.78. The summed E-state index contributed by atoms with van der Waals surface area (Å²) in [7, 11) is 3.29. The molecule has 1 heterocycles. The predicted molar refractivity (Wildman–Crippen MR) is 57.9 cm³/mol. The molecule has 0 aliphatic rings. The Hall–Kier alpha value is -1.43. The topological polar surface area (TPSA) is 62.3 Å². The van der Waals surface area contributed by atoms with Crippen LogP contribution in [-0.4, -0.2) is 42.3 Å². The van der Waals surface area contributed by atoms with Crippen LogP contribution in [0, 0.1) is 6.92 Å². The third-order valence-electron chi connectivity index (χ3n) is 1.85. The summed E-state index contributed by atoms with van der Waals surface area (Å²) in [6, 6.07) is 0. The highest BCUT2D eigenvalue weighted by Gasteiger charge is 2.13. The molecule has 0 bridgehead atoms. The number of amides is 2. The minimum atomic E-state index is -0.245. The van der Waals surface area contributed by atoms with Crippen molar-refractivity contribution in [3.63, 3.8) is 0 Å². The second-order valence-corrected chi connectivity index (χ2v) is 4.09. The predicted octanol–water partition coefficient (Wildman–Crippen LogP) is 0.270. The largest absolute Gasteiger partial charge is 0.347 e. The van der Waals surface area contributed by atoms with Gasteiger partial charge in [0.25, 0.3) is 5.91 Å². The molecule has 0 aliphatic carbocycles. The number of likely N-dealkylation sites (N-methyl/N-ethyl adjacent to an activating group) is 1. The lowest BCUT2D eigenvalue weighted by Gasteiger charge is -2.10. The van der Waals surface area contributed by atoms with E-state index in [2.05, 4.69) is 10.3 Å². The molecule has 1 aromatic rings. The van der Waals surface area contributed by atoms with E-state index in [1.165, 1.54) is 16.2 Å². The highest BCUT2D eigenvalue weighted by atomic mass is 32.1. The molecule has 0 unspecified atom stereocenters. The standard InChI is InChI=1S/C9H13N3O2S/c1-6-8(15-5-11-6)9(14)10-4-7(13)12(2)3/h5H,4H2,1-3H3,(H,10,14). The summed E-state index contributed by atoms with van der Waals surface area (Å²) in [4.78, 5) is 28.7. The van der Waals surface area contributed by atoms with Crippen molar-refractivity contribution in [2.75, 3.05) is 20.6 Å². The molecule has 0 radical (unpaired) electrons. The molecule has 0 fully saturated rings. The van der Waals surface area contributed by atoms with E-state index in [0.717, 1.165) is 0 Å². The molecular weight excluding hydrogens is 214 g/mol. The molecule has 0 saturated carbocycles. The van der Waals surface area contributed by atoms with Gasteiger partial charge in [-0.05, 0) is 6.92 Å². The number of thiazole rings is 1. The van der Waals surface area contributed by atoms with E-state index in [9.17, 15) is 9.59 Å². The number of hydrogen-bond acceptors (Lipinski definition) is 4. The van der Waals surface area contributed by atoms with Crippen LogP contribution in [0.15, 0.2) is 5.51 Å². The Bertz CT molecular complexity index is 373. The minimum absolute atomic E-state index is 0.0170. The fraction of sp³-hybridized carbons (Fsp3) is 0.444. The zero-order valence-electron chi connectivity index (χ0n) is 8.90. The van der Waals surface area contributed by atoms with Crippen LogP contribution in [0.1, 0.15) is 15.4 Å². The van der Waals surface area contributed by atoms with Crippen molar-refractivity contribution in [3.05, 3.63) is 16.1 Å². The van der Waals surface area contributed by atoms with Crippen molar-refractivity contribution in [1.82, 2.24) is 15.2 Å². The van der Waals surface area contributed by atoms with E-state index in [0.29, 0.717) is 10.6 Å². The number of aromatic nitrogens is 1. The van der Waals surface area contributed by atoms with Gasteiger partial charge in [-0.25, -0.2) is 4.98 Å². The fourth-order valence-electron chi connectivity index (χ4n) is 0.914. The Morgan fingerprint density at radius 1 is 1.53 bits per heavy atom. The number of hydrogen-bond donors (Lipinski definition) is 1. The molecule has 1 rings (SSSR count). The summed E-state index contributed by atoms with van der Waals surface area (Å²) in [5.74, 6) is -0.379. The van der Waals surface area contributed by atoms with Crippen molar-refractivity contribution < 1.29 is 9.59 Å². The Balaban J connectivity index is 2.51. The molecule has 0 saturated heterocycles. The van der Waals surface area contributed by atoms with Gasteiger partial charge in [0.05, 0.1) is 17.7 Å². The summed E-state index contributed by atoms with van der Waals surface area (Å²) in [6.07, 6.45) is 0. The Morgan fingerprint density at radius 3 is 2.67 bits per heavy atom. The molecule has 15 heavy (non-hydrogen) atoms. The first-order valence-electron chi connectivity index (χ1n) is 4.41. The van der Waals surface area contributed by atoms with Gasteiger partial charge in [0.1, 0.15) is 4.88 Å². The summed E-state index contributed by atoms with van der Waals surface area (Å²) in [5, 5.41) is 2.55. The van der Waals surface area contributed by atoms with Crippen LogP contribution < -0.4 is 5.32 Å². The number of rotatable bonds is 3. The van der Waals surface area contributed by atoms with Gasteiger partial charge in [-0.2, -0.15) is 0 Å². The first-order chi connectivity index (χ1) is 7.02. The van der Waals surface area contributed by atoms with Gasteiger partial charge in [0, 0.05) is 14.1 Å². The van der Waals surface area contributed by atoms with Crippen LogP contribution in [0.25, 0.3) is 0 Å². The summed E-state index contributed by atoms with van der Waals surface area (Å²) >= 11 is 1.27. The molecule has 0 aromatic carbocycles. The van der Waals surface area contributed by atoms with E-state index in [1.807, 2.05) is 0 Å². The highest BCUT2D eigenvalue weighted by molar-refractivity contribution is 7.11. The molecule has 6 heteroatoms. The van der Waals surface area contributed by atoms with Gasteiger partial charge in [0.2, 0.25) is 5.91 Å². The minimum Gasteiger partial charge on any atom is -0.347 e. The summed E-state index contributed by atoms with van der Waals surface area (Å²) in [5.41, 5.74) is 2.30. The van der Waals surface area contributed by atoms with Gasteiger partial charge in [-0.3, -0.25) is 9.59 Å². The molecule has 5 nitrogen and oxygen atoms in total. The maximum Gasteiger partial charge on any atom is 0.263 e. The summed E-state index contributed by atoms with van der Waals surface area (Å²) < 4.78 is 0. The van der Waals surface area contributed by atoms with Crippen molar-refractivity contribution in [2.45, 2.75) is 6.92 Å². The van der Waals surface area contributed by atoms with Crippen LogP contribution in [-0.2, 0) is 4.79 Å². The van der Waals surface area contributed by atoms with E-state index in [4.69, 9.17) is 0 Å². The lowest BCUT2D eigenvalue weighted by Crippen LogP contribution is -2.36. The number of nitrogens with one attached hydrogen (secondary N) is 1. The first kappa shape index (κ1) is 11.6. The van der Waals surface area contributed by atoms with Gasteiger partial charge in [-0.15, -0.1) is 11.3 Å². The molecule has 0 aliphatic heterocycles. The van der Waals surface area contributed by atoms with Crippen molar-refractivity contribution in [1.29, 1.82) is 0 Å². The highest BCUT2D eigenvalue weighted by Crippen LogP contribution is 2.11. The lowest BCUT2D eigenvalue weighted by atomic mass is 10.3. The third kappa shape index (κ3) is 3.02. The van der Waals surface area contributed by atoms with Gasteiger partial charge < -0.3 is 10.2 Å². The zero-order chi connectivity index (χ0) is 11.4. The van der Waals surface area contributed by atoms with Gasteiger partial charge >= 0.3 is 0 Å². The molecule has 0 atom stereocenters. The van der Waals surface area contributed by atoms with Crippen LogP contribution in [0.5, 0.6) is 0 Å². The lowest BCUT2D eigenvalue weighted by molar-refractivity contribution is -0.127. The molecule has 1 aromatic heterocycles. The Labute approximate surface area is 92.1 Å². The normalized spacial score (nSPS) is 9.80. The first-order valence-corrected chi connectivity index (χ1v) is 5.28. The van der Waals surface area contributed by atoms with Crippen LogP contribution in [0.3, 0.4) is 0 Å². The maximum absolute atomic E-state index is 11.5. The van der Waals surface area contributed by atoms with Crippen molar-refractivity contribution in [2.24, 2.45) is 0 Å². The average molecular weight is 227 g/mol. The molecule has 82 valence electrons. The van der Waals surface area contributed by atoms with Crippen molar-refractivity contribution in [3.8, 4) is 0 Å². The number of nitrogens with zero attached hydrogens (tertiary/aromatic N) is 2. The number of carbonyl (C=O) groups excluding carboxylic acids is 2. The Kier molecular flexibility index (Phi) is 3.79. The number of aryl methyl sites for hydroxylation is 1. The molecular formula is C9H13N3O2S. The zero-order valence-corrected chi connectivity index (χ0v) is 9.72. The van der Waals surface area contributed by atoms with Crippen molar-refractivity contribution >= 4 is 23.2 Å². The average Bonchev–Trinajstić information content (AvgIpc) is 2.60. The van der Waals surface area contributed by atoms with Crippen LogP contribution in [0.2, 0.25) is 0 Å². The van der Waals surface area contributed by atoms with Gasteiger partial charge in [0.15, 0.2) is 0 Å². The molecule has 1 N–H and O–H groups in total. The maximum atomic E-state index is 11.5. The van der Waals surface area contributed by atoms with Crippen LogP contribution in [0.4, 0.5) is 0 Å².